The van der Waals surface area contributed by atoms with Gasteiger partial charge < -0.3 is 10.1 Å². The Morgan fingerprint density at radius 3 is 2.42 bits per heavy atom. The second-order valence-electron chi connectivity index (χ2n) is 5.42. The topological polar surface area (TPSA) is 75.7 Å². The molecule has 7 heteroatoms. The molecular formula is C17H20N2O4S. The number of benzene rings is 2. The molecule has 1 amide bonds. The number of rotatable bonds is 5. The monoisotopic (exact) mass is 348 g/mol. The van der Waals surface area contributed by atoms with Crippen molar-refractivity contribution in [1.82, 2.24) is 4.31 Å². The van der Waals surface area contributed by atoms with Crippen LogP contribution in [0.5, 0.6) is 5.75 Å². The van der Waals surface area contributed by atoms with Crippen molar-refractivity contribution in [2.45, 2.75) is 11.8 Å². The first-order valence-corrected chi connectivity index (χ1v) is 8.69. The maximum absolute atomic E-state index is 12.6. The second-order valence-corrected chi connectivity index (χ2v) is 7.57. The summed E-state index contributed by atoms with van der Waals surface area (Å²) >= 11 is 0. The molecule has 0 bridgehead atoms. The Balaban J connectivity index is 2.40. The van der Waals surface area contributed by atoms with E-state index in [4.69, 9.17) is 4.74 Å². The number of aryl methyl sites for hydroxylation is 1. The Bertz CT molecular complexity index is 861. The number of nitrogens with zero attached hydrogens (tertiary/aromatic N) is 1. The largest absolute Gasteiger partial charge is 0.495 e. The summed E-state index contributed by atoms with van der Waals surface area (Å²) < 4.78 is 30.8. The molecule has 2 aromatic carbocycles. The van der Waals surface area contributed by atoms with E-state index in [1.54, 1.807) is 37.3 Å². The van der Waals surface area contributed by atoms with Crippen LogP contribution in [0.3, 0.4) is 0 Å². The number of methoxy groups -OCH3 is 1. The van der Waals surface area contributed by atoms with E-state index in [1.165, 1.54) is 33.3 Å². The average molecular weight is 348 g/mol. The van der Waals surface area contributed by atoms with Crippen LogP contribution in [0.15, 0.2) is 47.4 Å². The zero-order chi connectivity index (χ0) is 17.9. The van der Waals surface area contributed by atoms with E-state index in [2.05, 4.69) is 5.32 Å². The fraction of sp³-hybridized carbons (Fsp3) is 0.235. The van der Waals surface area contributed by atoms with Crippen LogP contribution in [0.2, 0.25) is 0 Å². The molecule has 0 atom stereocenters. The van der Waals surface area contributed by atoms with Crippen molar-refractivity contribution in [2.24, 2.45) is 0 Å². The normalized spacial score (nSPS) is 11.4. The smallest absolute Gasteiger partial charge is 0.256 e. The predicted molar refractivity (Wildman–Crippen MR) is 93.0 cm³/mol. The first kappa shape index (κ1) is 18.0. The van der Waals surface area contributed by atoms with Gasteiger partial charge in [-0.05, 0) is 36.8 Å². The van der Waals surface area contributed by atoms with Gasteiger partial charge in [0.2, 0.25) is 10.0 Å². The third kappa shape index (κ3) is 3.58. The van der Waals surface area contributed by atoms with Gasteiger partial charge in [-0.3, -0.25) is 4.79 Å². The first-order chi connectivity index (χ1) is 11.3. The highest BCUT2D eigenvalue weighted by molar-refractivity contribution is 7.89. The maximum Gasteiger partial charge on any atom is 0.256 e. The molecule has 0 unspecified atom stereocenters. The van der Waals surface area contributed by atoms with Gasteiger partial charge >= 0.3 is 0 Å². The highest BCUT2D eigenvalue weighted by Crippen LogP contribution is 2.25. The summed E-state index contributed by atoms with van der Waals surface area (Å²) in [6, 6.07) is 11.5. The minimum Gasteiger partial charge on any atom is -0.495 e. The molecule has 24 heavy (non-hydrogen) atoms. The van der Waals surface area contributed by atoms with E-state index in [1.807, 2.05) is 0 Å². The van der Waals surface area contributed by atoms with E-state index in [0.29, 0.717) is 22.6 Å². The quantitative estimate of drug-likeness (QED) is 0.901. The molecular weight excluding hydrogens is 328 g/mol. The van der Waals surface area contributed by atoms with Gasteiger partial charge in [0.15, 0.2) is 0 Å². The summed E-state index contributed by atoms with van der Waals surface area (Å²) in [5, 5.41) is 2.75. The van der Waals surface area contributed by atoms with Gasteiger partial charge in [0.05, 0.1) is 17.7 Å². The fourth-order valence-corrected chi connectivity index (χ4v) is 3.08. The van der Waals surface area contributed by atoms with Crippen molar-refractivity contribution in [2.75, 3.05) is 26.5 Å². The van der Waals surface area contributed by atoms with Crippen LogP contribution in [0.4, 0.5) is 5.69 Å². The Morgan fingerprint density at radius 2 is 1.79 bits per heavy atom. The second kappa shape index (κ2) is 7.02. The minimum absolute atomic E-state index is 0.0725. The number of amides is 1. The van der Waals surface area contributed by atoms with Crippen LogP contribution >= 0.6 is 0 Å². The van der Waals surface area contributed by atoms with Gasteiger partial charge in [-0.2, -0.15) is 0 Å². The molecule has 2 rings (SSSR count). The van der Waals surface area contributed by atoms with E-state index >= 15 is 0 Å². The van der Waals surface area contributed by atoms with E-state index in [0.717, 1.165) is 4.31 Å². The molecule has 2 aromatic rings. The molecule has 0 saturated heterocycles. The number of carbonyl (C=O) groups is 1. The molecule has 0 aliphatic heterocycles. The first-order valence-electron chi connectivity index (χ1n) is 7.25. The van der Waals surface area contributed by atoms with Crippen LogP contribution in [-0.2, 0) is 10.0 Å². The van der Waals surface area contributed by atoms with E-state index in [-0.39, 0.29) is 4.90 Å². The Labute approximate surface area is 142 Å². The fourth-order valence-electron chi connectivity index (χ4n) is 2.15. The molecule has 6 nitrogen and oxygen atoms in total. The lowest BCUT2D eigenvalue weighted by Gasteiger charge is -2.14. The van der Waals surface area contributed by atoms with Crippen LogP contribution in [-0.4, -0.2) is 39.8 Å². The van der Waals surface area contributed by atoms with Crippen molar-refractivity contribution >= 4 is 21.6 Å². The van der Waals surface area contributed by atoms with Gasteiger partial charge in [0.1, 0.15) is 5.75 Å². The van der Waals surface area contributed by atoms with Crippen molar-refractivity contribution < 1.29 is 17.9 Å². The molecule has 0 aliphatic rings. The van der Waals surface area contributed by atoms with Crippen LogP contribution in [0.25, 0.3) is 0 Å². The number of para-hydroxylation sites is 2. The SMILES string of the molecule is COc1ccccc1NC(=O)c1cc(S(=O)(=O)N(C)C)ccc1C. The number of nitrogens with one attached hydrogen (secondary N) is 1. The highest BCUT2D eigenvalue weighted by atomic mass is 32.2. The highest BCUT2D eigenvalue weighted by Gasteiger charge is 2.20. The van der Waals surface area contributed by atoms with E-state index < -0.39 is 15.9 Å². The van der Waals surface area contributed by atoms with Gasteiger partial charge in [0.25, 0.3) is 5.91 Å². The lowest BCUT2D eigenvalue weighted by Crippen LogP contribution is -2.23. The van der Waals surface area contributed by atoms with Crippen LogP contribution in [0.1, 0.15) is 15.9 Å². The number of hydrogen-bond donors (Lipinski definition) is 1. The molecule has 0 aromatic heterocycles. The third-order valence-corrected chi connectivity index (χ3v) is 5.40. The van der Waals surface area contributed by atoms with Crippen LogP contribution < -0.4 is 10.1 Å². The van der Waals surface area contributed by atoms with E-state index in [9.17, 15) is 13.2 Å². The molecule has 0 saturated carbocycles. The Hall–Kier alpha value is -2.38. The summed E-state index contributed by atoms with van der Waals surface area (Å²) in [5.41, 5.74) is 1.49. The van der Waals surface area contributed by atoms with Crippen molar-refractivity contribution in [1.29, 1.82) is 0 Å². The lowest BCUT2D eigenvalue weighted by molar-refractivity contribution is 0.102. The number of carbonyl (C=O) groups excluding carboxylic acids is 1. The summed E-state index contributed by atoms with van der Waals surface area (Å²) in [6.07, 6.45) is 0. The van der Waals surface area contributed by atoms with Crippen molar-refractivity contribution in [3.05, 3.63) is 53.6 Å². The Kier molecular flexibility index (Phi) is 5.26. The lowest BCUT2D eigenvalue weighted by atomic mass is 10.1. The Morgan fingerprint density at radius 1 is 1.12 bits per heavy atom. The predicted octanol–water partition coefficient (Wildman–Crippen LogP) is 2.51. The van der Waals surface area contributed by atoms with Gasteiger partial charge in [-0.15, -0.1) is 0 Å². The summed E-state index contributed by atoms with van der Waals surface area (Å²) in [5.74, 6) is 0.133. The molecule has 0 spiro atoms. The molecule has 0 radical (unpaired) electrons. The number of ether oxygens (including phenoxy) is 1. The summed E-state index contributed by atoms with van der Waals surface area (Å²) in [6.45, 7) is 1.75. The summed E-state index contributed by atoms with van der Waals surface area (Å²) in [7, 11) is 0.804. The molecule has 128 valence electrons. The maximum atomic E-state index is 12.6. The van der Waals surface area contributed by atoms with Gasteiger partial charge in [0, 0.05) is 19.7 Å². The number of hydrogen-bond acceptors (Lipinski definition) is 4. The molecule has 0 fully saturated rings. The molecule has 1 N–H and O–H groups in total. The number of anilines is 1. The zero-order valence-electron chi connectivity index (χ0n) is 14.0. The number of sulfonamides is 1. The van der Waals surface area contributed by atoms with Crippen LogP contribution in [0, 0.1) is 6.92 Å². The standard InChI is InChI=1S/C17H20N2O4S/c1-12-9-10-13(24(21,22)19(2)3)11-14(12)17(20)18-15-7-5-6-8-16(15)23-4/h5-11H,1-4H3,(H,18,20). The third-order valence-electron chi connectivity index (χ3n) is 3.59. The van der Waals surface area contributed by atoms with Gasteiger partial charge in [-0.1, -0.05) is 18.2 Å². The van der Waals surface area contributed by atoms with Crippen molar-refractivity contribution in [3.63, 3.8) is 0 Å². The average Bonchev–Trinajstić information content (AvgIpc) is 2.55. The summed E-state index contributed by atoms with van der Waals surface area (Å²) in [4.78, 5) is 12.6. The van der Waals surface area contributed by atoms with Crippen molar-refractivity contribution in [3.8, 4) is 5.75 Å². The van der Waals surface area contributed by atoms with Gasteiger partial charge in [-0.25, -0.2) is 12.7 Å². The molecule has 0 heterocycles. The zero-order valence-corrected chi connectivity index (χ0v) is 14.8. The minimum atomic E-state index is -3.61. The molecule has 0 aliphatic carbocycles.